The molecular weight excluding hydrogens is 386 g/mol. The van der Waals surface area contributed by atoms with Crippen molar-refractivity contribution in [2.75, 3.05) is 5.32 Å². The molecule has 29 heavy (non-hydrogen) atoms. The number of hydrogen-bond acceptors (Lipinski definition) is 7. The summed E-state index contributed by atoms with van der Waals surface area (Å²) in [4.78, 5) is 26.3. The van der Waals surface area contributed by atoms with E-state index in [-0.39, 0.29) is 11.7 Å². The third-order valence-electron chi connectivity index (χ3n) is 5.20. The number of benzene rings is 1. The lowest BCUT2D eigenvalue weighted by Gasteiger charge is -2.16. The molecule has 3 aromatic heterocycles. The van der Waals surface area contributed by atoms with Gasteiger partial charge in [0.1, 0.15) is 11.6 Å². The Balaban J connectivity index is 1.29. The molecule has 148 valence electrons. The van der Waals surface area contributed by atoms with Gasteiger partial charge in [-0.25, -0.2) is 19.4 Å². The van der Waals surface area contributed by atoms with E-state index in [9.17, 15) is 4.79 Å². The molecule has 1 aliphatic heterocycles. The minimum absolute atomic E-state index is 0.0585. The van der Waals surface area contributed by atoms with Crippen molar-refractivity contribution >= 4 is 28.2 Å². The fourth-order valence-corrected chi connectivity index (χ4v) is 4.35. The summed E-state index contributed by atoms with van der Waals surface area (Å²) in [5.74, 6) is 1.61. The summed E-state index contributed by atoms with van der Waals surface area (Å²) >= 11 is 1.59. The van der Waals surface area contributed by atoms with Crippen molar-refractivity contribution in [3.05, 3.63) is 62.9 Å². The van der Waals surface area contributed by atoms with Gasteiger partial charge < -0.3 is 5.32 Å². The van der Waals surface area contributed by atoms with Gasteiger partial charge in [-0.2, -0.15) is 5.10 Å². The van der Waals surface area contributed by atoms with Crippen LogP contribution in [0.25, 0.3) is 11.0 Å². The number of nitrogens with one attached hydrogen (secondary N) is 1. The Labute approximate surface area is 171 Å². The molecule has 0 aliphatic carbocycles. The number of fused-ring (bicyclic) bond motifs is 2. The largest absolute Gasteiger partial charge is 0.366 e. The van der Waals surface area contributed by atoms with Crippen LogP contribution in [0.3, 0.4) is 0 Å². The predicted molar refractivity (Wildman–Crippen MR) is 112 cm³/mol. The maximum Gasteiger partial charge on any atom is 0.346 e. The summed E-state index contributed by atoms with van der Waals surface area (Å²) < 4.78 is 3.33. The first-order chi connectivity index (χ1) is 14.2. The Morgan fingerprint density at radius 2 is 2.07 bits per heavy atom. The molecule has 1 aliphatic rings. The zero-order valence-electron chi connectivity index (χ0n) is 16.1. The van der Waals surface area contributed by atoms with Crippen molar-refractivity contribution in [3.63, 3.8) is 0 Å². The minimum Gasteiger partial charge on any atom is -0.366 e. The number of rotatable bonds is 4. The Morgan fingerprint density at radius 3 is 2.90 bits per heavy atom. The average Bonchev–Trinajstić information content (AvgIpc) is 3.19. The van der Waals surface area contributed by atoms with Gasteiger partial charge in [0.05, 0.1) is 34.5 Å². The molecule has 9 heteroatoms. The highest BCUT2D eigenvalue weighted by atomic mass is 32.1. The van der Waals surface area contributed by atoms with E-state index < -0.39 is 0 Å². The predicted octanol–water partition coefficient (Wildman–Crippen LogP) is 2.62. The molecule has 1 unspecified atom stereocenters. The lowest BCUT2D eigenvalue weighted by Crippen LogP contribution is -2.27. The molecule has 0 amide bonds. The lowest BCUT2D eigenvalue weighted by atomic mass is 10.1. The van der Waals surface area contributed by atoms with Crippen molar-refractivity contribution in [3.8, 4) is 0 Å². The molecule has 0 saturated heterocycles. The molecule has 1 atom stereocenters. The second kappa shape index (κ2) is 7.40. The van der Waals surface area contributed by atoms with Gasteiger partial charge in [0, 0.05) is 24.4 Å². The second-order valence-electron chi connectivity index (χ2n) is 7.28. The molecule has 1 aromatic carbocycles. The topological polar surface area (TPSA) is 90.5 Å². The highest BCUT2D eigenvalue weighted by molar-refractivity contribution is 7.09. The number of aromatic nitrogens is 6. The Morgan fingerprint density at radius 1 is 1.21 bits per heavy atom. The van der Waals surface area contributed by atoms with Gasteiger partial charge in [0.2, 0.25) is 0 Å². The molecule has 5 rings (SSSR count). The van der Waals surface area contributed by atoms with Crippen LogP contribution in [0, 0.1) is 6.92 Å². The third-order valence-corrected chi connectivity index (χ3v) is 6.02. The molecular formula is C20H21N7OS. The van der Waals surface area contributed by atoms with Crippen LogP contribution in [0.2, 0.25) is 0 Å². The quantitative estimate of drug-likeness (QED) is 0.559. The van der Waals surface area contributed by atoms with E-state index in [1.165, 1.54) is 4.68 Å². The lowest BCUT2D eigenvalue weighted by molar-refractivity contribution is 0.551. The van der Waals surface area contributed by atoms with Crippen molar-refractivity contribution in [2.24, 2.45) is 0 Å². The van der Waals surface area contributed by atoms with Gasteiger partial charge in [-0.3, -0.25) is 9.55 Å². The van der Waals surface area contributed by atoms with Crippen LogP contribution in [0.1, 0.15) is 29.4 Å². The first-order valence-electron chi connectivity index (χ1n) is 9.71. The van der Waals surface area contributed by atoms with Gasteiger partial charge in [-0.15, -0.1) is 11.3 Å². The van der Waals surface area contributed by atoms with Crippen LogP contribution in [0.4, 0.5) is 5.82 Å². The van der Waals surface area contributed by atoms with E-state index in [1.807, 2.05) is 36.6 Å². The van der Waals surface area contributed by atoms with E-state index in [1.54, 1.807) is 22.1 Å². The fraction of sp³-hybridized carbons (Fsp3) is 0.350. The zero-order valence-corrected chi connectivity index (χ0v) is 16.9. The number of aryl methyl sites for hydroxylation is 2. The highest BCUT2D eigenvalue weighted by Gasteiger charge is 2.21. The number of para-hydroxylation sites is 2. The summed E-state index contributed by atoms with van der Waals surface area (Å²) in [7, 11) is 0. The minimum atomic E-state index is -0.0585. The van der Waals surface area contributed by atoms with Crippen LogP contribution in [-0.4, -0.2) is 35.3 Å². The van der Waals surface area contributed by atoms with E-state index >= 15 is 0 Å². The molecule has 1 N–H and O–H groups in total. The second-order valence-corrected chi connectivity index (χ2v) is 8.34. The van der Waals surface area contributed by atoms with Crippen LogP contribution in [-0.2, 0) is 19.5 Å². The van der Waals surface area contributed by atoms with E-state index in [0.29, 0.717) is 13.1 Å². The SMILES string of the molecule is Cc1nc(Cn2nc3n(c2=O)CCC(Nc2cnc4ccccc4n2)CC3)cs1. The number of anilines is 1. The van der Waals surface area contributed by atoms with Crippen molar-refractivity contribution < 1.29 is 0 Å². The van der Waals surface area contributed by atoms with Gasteiger partial charge in [-0.1, -0.05) is 12.1 Å². The molecule has 4 heterocycles. The smallest absolute Gasteiger partial charge is 0.346 e. The van der Waals surface area contributed by atoms with Crippen LogP contribution >= 0.6 is 11.3 Å². The van der Waals surface area contributed by atoms with Gasteiger partial charge >= 0.3 is 5.69 Å². The molecule has 0 spiro atoms. The third kappa shape index (κ3) is 3.65. The first-order valence-corrected chi connectivity index (χ1v) is 10.6. The maximum absolute atomic E-state index is 12.8. The monoisotopic (exact) mass is 407 g/mol. The maximum atomic E-state index is 12.8. The molecule has 0 radical (unpaired) electrons. The fourth-order valence-electron chi connectivity index (χ4n) is 3.75. The zero-order chi connectivity index (χ0) is 19.8. The van der Waals surface area contributed by atoms with E-state index in [0.717, 1.165) is 52.6 Å². The summed E-state index contributed by atoms with van der Waals surface area (Å²) in [5, 5.41) is 11.0. The number of hydrogen-bond donors (Lipinski definition) is 1. The van der Waals surface area contributed by atoms with Crippen molar-refractivity contribution in [2.45, 2.75) is 45.3 Å². The highest BCUT2D eigenvalue weighted by Crippen LogP contribution is 2.18. The normalized spacial score (nSPS) is 16.5. The van der Waals surface area contributed by atoms with Crippen LogP contribution in [0.15, 0.2) is 40.6 Å². The van der Waals surface area contributed by atoms with E-state index in [4.69, 9.17) is 0 Å². The first kappa shape index (κ1) is 18.0. The molecule has 0 bridgehead atoms. The average molecular weight is 408 g/mol. The van der Waals surface area contributed by atoms with Gasteiger partial charge in [0.25, 0.3) is 0 Å². The van der Waals surface area contributed by atoms with Crippen LogP contribution < -0.4 is 11.0 Å². The summed E-state index contributed by atoms with van der Waals surface area (Å²) in [6, 6.07) is 8.06. The molecule has 8 nitrogen and oxygen atoms in total. The van der Waals surface area contributed by atoms with E-state index in [2.05, 4.69) is 25.4 Å². The van der Waals surface area contributed by atoms with Crippen molar-refractivity contribution in [1.29, 1.82) is 0 Å². The summed E-state index contributed by atoms with van der Waals surface area (Å²) in [6.07, 6.45) is 4.25. The van der Waals surface area contributed by atoms with Crippen molar-refractivity contribution in [1.82, 2.24) is 29.3 Å². The Hall–Kier alpha value is -3.07. The number of thiazole rings is 1. The van der Waals surface area contributed by atoms with Gasteiger partial charge in [-0.05, 0) is 31.9 Å². The molecule has 0 saturated carbocycles. The van der Waals surface area contributed by atoms with Crippen LogP contribution in [0.5, 0.6) is 0 Å². The Kier molecular flexibility index (Phi) is 4.59. The standard InChI is InChI=1S/C20H21N7OS/c1-13-22-15(12-29-13)11-27-20(28)26-9-8-14(6-7-19(26)25-27)23-18-10-21-16-4-2-3-5-17(16)24-18/h2-5,10,12,14H,6-9,11H2,1H3,(H,23,24). The number of nitrogens with zero attached hydrogens (tertiary/aromatic N) is 6. The Bertz CT molecular complexity index is 1230. The molecule has 0 fully saturated rings. The molecule has 4 aromatic rings. The summed E-state index contributed by atoms with van der Waals surface area (Å²) in [5.41, 5.74) is 2.59. The van der Waals surface area contributed by atoms with Gasteiger partial charge in [0.15, 0.2) is 0 Å². The summed E-state index contributed by atoms with van der Waals surface area (Å²) in [6.45, 7) is 3.03.